The molecule has 0 aliphatic rings. The average molecular weight is 1210 g/mol. The first-order chi connectivity index (χ1) is 37.4. The molecule has 0 radical (unpaired) electrons. The quantitative estimate of drug-likeness (QED) is 0.0500. The summed E-state index contributed by atoms with van der Waals surface area (Å²) in [7, 11) is -2.82. The van der Waals surface area contributed by atoms with Crippen molar-refractivity contribution in [1.82, 2.24) is 0 Å². The summed E-state index contributed by atoms with van der Waals surface area (Å²) < 4.78 is 354. The molecule has 0 saturated carbocycles. The summed E-state index contributed by atoms with van der Waals surface area (Å²) in [4.78, 5) is 13.2. The van der Waals surface area contributed by atoms with Crippen molar-refractivity contribution >= 4 is 43.7 Å². The van der Waals surface area contributed by atoms with Gasteiger partial charge in [0.1, 0.15) is 6.15 Å². The van der Waals surface area contributed by atoms with Gasteiger partial charge in [0.15, 0.2) is 15.9 Å². The number of carbonyl (C=O) groups excluding carboxylic acids is 1. The van der Waals surface area contributed by atoms with E-state index in [2.05, 4.69) is 11.2 Å². The molecular weight excluding hydrogens is 1180 g/mol. The number of Topliss-reactive ketones (excluding diaryl/α,β-unsaturated/α-hetero) is 1. The van der Waals surface area contributed by atoms with E-state index in [0.717, 1.165) is 5.56 Å². The van der Waals surface area contributed by atoms with Crippen molar-refractivity contribution < 1.29 is 114 Å². The monoisotopic (exact) mass is 1210 g/mol. The number of halogens is 24. The lowest BCUT2D eigenvalue weighted by Crippen LogP contribution is -2.75. The van der Waals surface area contributed by atoms with Crippen LogP contribution >= 0.6 is 0 Å². The third-order valence-electron chi connectivity index (χ3n) is 12.1. The number of alkyl halides is 24. The van der Waals surface area contributed by atoms with E-state index >= 15 is 0 Å². The van der Waals surface area contributed by atoms with Gasteiger partial charge >= 0.3 is 49.4 Å². The number of ketones is 1. The Bertz CT molecular complexity index is 3110. The molecule has 2 nitrogen and oxygen atoms in total. The molecule has 0 aliphatic carbocycles. The van der Waals surface area contributed by atoms with Gasteiger partial charge in [-0.15, -0.1) is 0 Å². The third kappa shape index (κ3) is 14.9. The number of benzene rings is 7. The lowest BCUT2D eigenvalue weighted by Gasteiger charge is -2.46. The van der Waals surface area contributed by atoms with E-state index < -0.39 is 205 Å². The van der Waals surface area contributed by atoms with Crippen molar-refractivity contribution in [3.8, 4) is 11.2 Å². The van der Waals surface area contributed by atoms with Crippen LogP contribution in [0.5, 0.6) is 0 Å². The Morgan fingerprint density at radius 3 is 0.817 bits per heavy atom. The van der Waals surface area contributed by atoms with Gasteiger partial charge in [-0.2, -0.15) is 127 Å². The molecular formula is C54H29BF24O2S. The van der Waals surface area contributed by atoms with Crippen molar-refractivity contribution in [1.29, 1.82) is 0 Å². The fraction of sp³-hybridized carbons (Fsp3) is 0.167. The number of hydrogen-bond acceptors (Lipinski definition) is 2. The van der Waals surface area contributed by atoms with E-state index in [0.29, 0.717) is 10.5 Å². The maximum absolute atomic E-state index is 14.2. The first kappa shape index (κ1) is 63.5. The SMILES string of the molecule is FC(F)(F)c1cc([B-](c2cc(C(F)(F)F)cc(C(F)(F)F)c2)(c2cc(C(F)(F)F)cc(C(F)(F)F)c2)c2cc(C(F)(F)F)cc(C(F)(F)F)c2)cc(C(F)(F)F)c1.O=C(C[S+](=O)(C#Cc1ccccc1)c1ccccc1)c1ccccc1. The van der Waals surface area contributed by atoms with Crippen LogP contribution in [0.4, 0.5) is 105 Å². The second-order valence-electron chi connectivity index (χ2n) is 17.7. The summed E-state index contributed by atoms with van der Waals surface area (Å²) in [5, 5.41) is 2.89. The fourth-order valence-corrected chi connectivity index (χ4v) is 10.2. The zero-order valence-electron chi connectivity index (χ0n) is 40.2. The number of hydrogen-bond donors (Lipinski definition) is 0. The Morgan fingerprint density at radius 2 is 0.573 bits per heavy atom. The van der Waals surface area contributed by atoms with Gasteiger partial charge in [0, 0.05) is 11.1 Å². The van der Waals surface area contributed by atoms with Crippen LogP contribution in [0.15, 0.2) is 169 Å². The van der Waals surface area contributed by atoms with Crippen LogP contribution in [0.25, 0.3) is 0 Å². The van der Waals surface area contributed by atoms with Gasteiger partial charge in [0.2, 0.25) is 15.7 Å². The lowest BCUT2D eigenvalue weighted by molar-refractivity contribution is -0.144. The van der Waals surface area contributed by atoms with Crippen molar-refractivity contribution in [3.63, 3.8) is 0 Å². The van der Waals surface area contributed by atoms with Crippen molar-refractivity contribution in [2.24, 2.45) is 0 Å². The van der Waals surface area contributed by atoms with Crippen molar-refractivity contribution in [3.05, 3.63) is 219 Å². The van der Waals surface area contributed by atoms with Crippen LogP contribution in [-0.2, 0) is 63.6 Å². The van der Waals surface area contributed by atoms with Crippen LogP contribution in [0.2, 0.25) is 0 Å². The Kier molecular flexibility index (Phi) is 17.5. The van der Waals surface area contributed by atoms with E-state index in [9.17, 15) is 114 Å². The summed E-state index contributed by atoms with van der Waals surface area (Å²) in [5.41, 5.74) is -28.9. The molecule has 0 aliphatic heterocycles. The second-order valence-corrected chi connectivity index (χ2v) is 20.1. The summed E-state index contributed by atoms with van der Waals surface area (Å²) in [6.45, 7) is 0. The molecule has 0 aromatic heterocycles. The molecule has 7 rings (SSSR count). The van der Waals surface area contributed by atoms with Crippen LogP contribution in [0.1, 0.15) is 60.4 Å². The summed E-state index contributed by atoms with van der Waals surface area (Å²) >= 11 is 0. The van der Waals surface area contributed by atoms with Crippen LogP contribution < -0.4 is 21.9 Å². The molecule has 0 fully saturated rings. The zero-order chi connectivity index (χ0) is 61.5. The van der Waals surface area contributed by atoms with E-state index in [1.165, 1.54) is 0 Å². The molecule has 0 saturated heterocycles. The number of rotatable bonds is 8. The van der Waals surface area contributed by atoms with Gasteiger partial charge in [-0.1, -0.05) is 119 Å². The largest absolute Gasteiger partial charge is 0.416 e. The Morgan fingerprint density at radius 1 is 0.341 bits per heavy atom. The van der Waals surface area contributed by atoms with E-state index in [1.54, 1.807) is 36.4 Å². The van der Waals surface area contributed by atoms with Crippen molar-refractivity contribution in [2.75, 3.05) is 5.75 Å². The topological polar surface area (TPSA) is 34.1 Å². The first-order valence-corrected chi connectivity index (χ1v) is 24.2. The minimum atomic E-state index is -6.13. The van der Waals surface area contributed by atoms with Crippen molar-refractivity contribution in [2.45, 2.75) is 54.3 Å². The molecule has 434 valence electrons. The van der Waals surface area contributed by atoms with Crippen LogP contribution in [0.3, 0.4) is 0 Å². The van der Waals surface area contributed by atoms with Gasteiger partial charge < -0.3 is 0 Å². The molecule has 1 atom stereocenters. The van der Waals surface area contributed by atoms with E-state index in [4.69, 9.17) is 0 Å². The van der Waals surface area contributed by atoms with Gasteiger partial charge in [-0.05, 0) is 54.5 Å². The summed E-state index contributed by atoms with van der Waals surface area (Å²) in [6, 6.07) is 18.5. The van der Waals surface area contributed by atoms with Gasteiger partial charge in [-0.25, -0.2) is 0 Å². The lowest BCUT2D eigenvalue weighted by atomic mass is 9.12. The van der Waals surface area contributed by atoms with Gasteiger partial charge in [0.05, 0.1) is 44.5 Å². The minimum absolute atomic E-state index is 0.124. The van der Waals surface area contributed by atoms with Crippen LogP contribution in [0, 0.1) is 11.2 Å². The smallest absolute Gasteiger partial charge is 0.289 e. The fourth-order valence-electron chi connectivity index (χ4n) is 8.44. The molecule has 0 amide bonds. The molecule has 0 heterocycles. The summed E-state index contributed by atoms with van der Waals surface area (Å²) in [6.07, 6.45) is -54.8. The molecule has 7 aromatic carbocycles. The normalized spacial score (nSPS) is 13.8. The standard InChI is InChI=1S/C32H12BF24.C22H17O2S/c34-25(35,36)13-1-14(26(37,38)39)6-21(5-13)33(22-7-15(27(40,41)42)2-16(8-22)28(43,44)45,23-9-17(29(46,47)48)3-18(10-23)30(49,50)51)24-11-19(31(52,53)54)4-20(12-24)32(55,56)57;23-22(20-12-6-2-7-13-20)18-25(24,21-14-8-3-9-15-21)17-16-19-10-4-1-5-11-19/h1-12H;1-15H,18H2/q-1;+1. The Labute approximate surface area is 447 Å². The second kappa shape index (κ2) is 22.6. The molecule has 1 unspecified atom stereocenters. The van der Waals surface area contributed by atoms with Crippen LogP contribution in [-0.4, -0.2) is 17.7 Å². The molecule has 0 N–H and O–H groups in total. The highest BCUT2D eigenvalue weighted by atomic mass is 32.2. The highest BCUT2D eigenvalue weighted by molar-refractivity contribution is 8.07. The maximum atomic E-state index is 14.2. The molecule has 7 aromatic rings. The predicted molar refractivity (Wildman–Crippen MR) is 252 cm³/mol. The first-order valence-electron chi connectivity index (χ1n) is 22.5. The predicted octanol–water partition coefficient (Wildman–Crippen LogP) is 15.7. The third-order valence-corrected chi connectivity index (χ3v) is 14.3. The van der Waals surface area contributed by atoms with Gasteiger partial charge in [0.25, 0.3) is 0 Å². The minimum Gasteiger partial charge on any atom is -0.289 e. The van der Waals surface area contributed by atoms with Gasteiger partial charge in [-0.3, -0.25) is 4.79 Å². The molecule has 0 spiro atoms. The molecule has 28 heteroatoms. The Balaban J connectivity index is 0.000000357. The Hall–Kier alpha value is -7.70. The molecule has 0 bridgehead atoms. The zero-order valence-corrected chi connectivity index (χ0v) is 41.0. The summed E-state index contributed by atoms with van der Waals surface area (Å²) in [5.74, 6) is 2.67. The maximum Gasteiger partial charge on any atom is 0.416 e. The van der Waals surface area contributed by atoms with E-state index in [1.807, 2.05) is 54.6 Å². The highest BCUT2D eigenvalue weighted by Crippen LogP contribution is 2.41. The average Bonchev–Trinajstić information content (AvgIpc) is 2.90. The highest BCUT2D eigenvalue weighted by Gasteiger charge is 2.47. The molecule has 82 heavy (non-hydrogen) atoms. The number of carbonyl (C=O) groups is 1. The van der Waals surface area contributed by atoms with E-state index in [-0.39, 0.29) is 11.5 Å².